The number of anilines is 2. The SMILES string of the molecule is Cl.Cl.O=C(Nc1cc(CN2CCC[C@H]2C(F)(F)F)c(-c2ccc(C(F)(F)F)cc2)cn1)c1ccc(N2CCC(C(=O)O)CC2)cc1. The number of piperidine rings is 1. The van der Waals surface area contributed by atoms with Gasteiger partial charge in [-0.2, -0.15) is 26.3 Å². The molecule has 46 heavy (non-hydrogen) atoms. The van der Waals surface area contributed by atoms with E-state index in [0.29, 0.717) is 54.6 Å². The maximum atomic E-state index is 13.7. The number of nitrogens with one attached hydrogen (secondary N) is 1. The van der Waals surface area contributed by atoms with Gasteiger partial charge in [-0.1, -0.05) is 12.1 Å². The van der Waals surface area contributed by atoms with Gasteiger partial charge >= 0.3 is 18.3 Å². The molecular formula is C31H32Cl2F6N4O3. The molecule has 0 saturated carbocycles. The van der Waals surface area contributed by atoms with Gasteiger partial charge in [0.2, 0.25) is 0 Å². The molecule has 2 fully saturated rings. The number of likely N-dealkylation sites (tertiary alicyclic amines) is 1. The van der Waals surface area contributed by atoms with E-state index < -0.39 is 35.8 Å². The normalized spacial score (nSPS) is 17.6. The van der Waals surface area contributed by atoms with Crippen molar-refractivity contribution in [2.45, 2.75) is 50.6 Å². The van der Waals surface area contributed by atoms with E-state index in [9.17, 15) is 41.0 Å². The highest BCUT2D eigenvalue weighted by atomic mass is 35.5. The summed E-state index contributed by atoms with van der Waals surface area (Å²) in [6.45, 7) is 1.21. The lowest BCUT2D eigenvalue weighted by molar-refractivity contribution is -0.177. The van der Waals surface area contributed by atoms with Gasteiger partial charge in [0.15, 0.2) is 0 Å². The van der Waals surface area contributed by atoms with Crippen molar-refractivity contribution < 1.29 is 41.0 Å². The van der Waals surface area contributed by atoms with Crippen LogP contribution in [0.4, 0.5) is 37.8 Å². The molecule has 0 aliphatic carbocycles. The van der Waals surface area contributed by atoms with Gasteiger partial charge in [0.05, 0.1) is 11.5 Å². The summed E-state index contributed by atoms with van der Waals surface area (Å²) in [6, 6.07) is 10.9. The van der Waals surface area contributed by atoms with Crippen LogP contribution in [0.25, 0.3) is 11.1 Å². The molecular weight excluding hydrogens is 661 g/mol. The van der Waals surface area contributed by atoms with E-state index in [4.69, 9.17) is 0 Å². The topological polar surface area (TPSA) is 85.8 Å². The van der Waals surface area contributed by atoms with Gasteiger partial charge in [0.1, 0.15) is 11.9 Å². The summed E-state index contributed by atoms with van der Waals surface area (Å²) < 4.78 is 80.4. The zero-order chi connectivity index (χ0) is 31.6. The van der Waals surface area contributed by atoms with E-state index in [1.54, 1.807) is 24.3 Å². The molecule has 7 nitrogen and oxygen atoms in total. The number of hydrogen-bond acceptors (Lipinski definition) is 5. The fourth-order valence-corrected chi connectivity index (χ4v) is 5.80. The number of carboxylic acid groups (broad SMARTS) is 1. The van der Waals surface area contributed by atoms with Crippen LogP contribution >= 0.6 is 24.8 Å². The Hall–Kier alpha value is -3.55. The quantitative estimate of drug-likeness (QED) is 0.247. The zero-order valence-corrected chi connectivity index (χ0v) is 25.9. The van der Waals surface area contributed by atoms with Crippen molar-refractivity contribution in [2.75, 3.05) is 29.9 Å². The maximum Gasteiger partial charge on any atom is 0.416 e. The molecule has 2 saturated heterocycles. The summed E-state index contributed by atoms with van der Waals surface area (Å²) in [4.78, 5) is 31.8. The molecule has 2 N–H and O–H groups in total. The molecule has 2 aliphatic rings. The number of carbonyl (C=O) groups is 2. The van der Waals surface area contributed by atoms with Crippen molar-refractivity contribution in [3.8, 4) is 11.1 Å². The van der Waals surface area contributed by atoms with Gasteiger partial charge < -0.3 is 15.3 Å². The summed E-state index contributed by atoms with van der Waals surface area (Å²) in [5.74, 6) is -1.59. The molecule has 0 spiro atoms. The van der Waals surface area contributed by atoms with Crippen molar-refractivity contribution in [1.29, 1.82) is 0 Å². The molecule has 15 heteroatoms. The predicted molar refractivity (Wildman–Crippen MR) is 166 cm³/mol. The molecule has 3 aromatic rings. The lowest BCUT2D eigenvalue weighted by Crippen LogP contribution is -2.40. The largest absolute Gasteiger partial charge is 0.481 e. The fourth-order valence-electron chi connectivity index (χ4n) is 5.80. The van der Waals surface area contributed by atoms with Crippen LogP contribution in [-0.4, -0.2) is 58.7 Å². The summed E-state index contributed by atoms with van der Waals surface area (Å²) in [5, 5.41) is 11.9. The minimum absolute atomic E-state index is 0. The molecule has 250 valence electrons. The number of pyridine rings is 1. The molecule has 0 unspecified atom stereocenters. The Kier molecular flexibility index (Phi) is 12.0. The highest BCUT2D eigenvalue weighted by molar-refractivity contribution is 6.04. The summed E-state index contributed by atoms with van der Waals surface area (Å²) >= 11 is 0. The molecule has 1 amide bonds. The minimum atomic E-state index is -4.54. The number of alkyl halides is 6. The van der Waals surface area contributed by atoms with Crippen molar-refractivity contribution in [2.24, 2.45) is 5.92 Å². The number of aromatic nitrogens is 1. The average molecular weight is 694 g/mol. The third-order valence-electron chi connectivity index (χ3n) is 8.21. The number of rotatable bonds is 7. The molecule has 2 aliphatic heterocycles. The second-order valence-electron chi connectivity index (χ2n) is 11.1. The van der Waals surface area contributed by atoms with Crippen LogP contribution in [-0.2, 0) is 17.5 Å². The number of carboxylic acids is 1. The van der Waals surface area contributed by atoms with E-state index in [1.165, 1.54) is 29.3 Å². The highest BCUT2D eigenvalue weighted by Gasteiger charge is 2.45. The number of hydrogen-bond donors (Lipinski definition) is 2. The Morgan fingerprint density at radius 1 is 0.891 bits per heavy atom. The monoisotopic (exact) mass is 692 g/mol. The lowest BCUT2D eigenvalue weighted by Gasteiger charge is -2.32. The van der Waals surface area contributed by atoms with E-state index in [-0.39, 0.29) is 56.1 Å². The Morgan fingerprint density at radius 3 is 2.09 bits per heavy atom. The standard InChI is InChI=1S/C31H30F6N4O3.2ClH/c32-30(33,34)23-7-3-19(4-8-23)25-17-38-27(16-22(25)18-41-13-1-2-26(41)31(35,36)37)39-28(42)20-5-9-24(10-6-20)40-14-11-21(12-15-40)29(43)44;;/h3-10,16-17,21,26H,1-2,11-15,18H2,(H,43,44)(H,38,39,42);2*1H/t26-;;/m0../s1. The van der Waals surface area contributed by atoms with E-state index in [2.05, 4.69) is 10.3 Å². The maximum absolute atomic E-state index is 13.7. The smallest absolute Gasteiger partial charge is 0.416 e. The minimum Gasteiger partial charge on any atom is -0.481 e. The molecule has 1 atom stereocenters. The van der Waals surface area contributed by atoms with Crippen molar-refractivity contribution in [3.05, 3.63) is 77.5 Å². The van der Waals surface area contributed by atoms with E-state index >= 15 is 0 Å². The average Bonchev–Trinajstić information content (AvgIpc) is 3.46. The zero-order valence-electron chi connectivity index (χ0n) is 24.3. The van der Waals surface area contributed by atoms with Gasteiger partial charge in [-0.15, -0.1) is 24.8 Å². The van der Waals surface area contributed by atoms with Crippen LogP contribution in [0.2, 0.25) is 0 Å². The van der Waals surface area contributed by atoms with Crippen molar-refractivity contribution >= 4 is 48.2 Å². The van der Waals surface area contributed by atoms with Crippen LogP contribution in [0.1, 0.15) is 47.2 Å². The molecule has 1 aromatic heterocycles. The molecule has 3 heterocycles. The van der Waals surface area contributed by atoms with Crippen LogP contribution in [0.15, 0.2) is 60.8 Å². The number of aliphatic carboxylic acids is 1. The van der Waals surface area contributed by atoms with Crippen LogP contribution < -0.4 is 10.2 Å². The van der Waals surface area contributed by atoms with E-state index in [1.807, 2.05) is 4.90 Å². The van der Waals surface area contributed by atoms with Gasteiger partial charge in [-0.3, -0.25) is 14.5 Å². The lowest BCUT2D eigenvalue weighted by atomic mass is 9.96. The number of carbonyl (C=O) groups excluding carboxylic acids is 1. The number of benzene rings is 2. The number of amides is 1. The molecule has 0 bridgehead atoms. The molecule has 2 aromatic carbocycles. The third kappa shape index (κ3) is 8.62. The Bertz CT molecular complexity index is 1500. The van der Waals surface area contributed by atoms with Crippen LogP contribution in [0.5, 0.6) is 0 Å². The second kappa shape index (κ2) is 14.9. The number of halogens is 8. The third-order valence-corrected chi connectivity index (χ3v) is 8.21. The Labute approximate surface area is 273 Å². The van der Waals surface area contributed by atoms with Crippen LogP contribution in [0, 0.1) is 5.92 Å². The van der Waals surface area contributed by atoms with Gasteiger partial charge in [0.25, 0.3) is 5.91 Å². The second-order valence-corrected chi connectivity index (χ2v) is 11.1. The first-order chi connectivity index (χ1) is 20.8. The highest BCUT2D eigenvalue weighted by Crippen LogP contribution is 2.36. The summed E-state index contributed by atoms with van der Waals surface area (Å²) in [7, 11) is 0. The van der Waals surface area contributed by atoms with Gasteiger partial charge in [0, 0.05) is 42.6 Å². The van der Waals surface area contributed by atoms with E-state index in [0.717, 1.165) is 17.8 Å². The fraction of sp³-hybridized carbons (Fsp3) is 0.387. The van der Waals surface area contributed by atoms with Crippen molar-refractivity contribution in [1.82, 2.24) is 9.88 Å². The molecule has 0 radical (unpaired) electrons. The summed E-state index contributed by atoms with van der Waals surface area (Å²) in [5.41, 5.74) is 1.39. The molecule has 5 rings (SSSR count). The van der Waals surface area contributed by atoms with Crippen LogP contribution in [0.3, 0.4) is 0 Å². The first kappa shape index (κ1) is 36.9. The van der Waals surface area contributed by atoms with Gasteiger partial charge in [-0.25, -0.2) is 4.98 Å². The Morgan fingerprint density at radius 2 is 1.52 bits per heavy atom. The first-order valence-electron chi connectivity index (χ1n) is 14.2. The Balaban J connectivity index is 0.00000288. The number of nitrogens with zero attached hydrogens (tertiary/aromatic N) is 3. The van der Waals surface area contributed by atoms with Gasteiger partial charge in [-0.05, 0) is 85.8 Å². The first-order valence-corrected chi connectivity index (χ1v) is 14.2. The summed E-state index contributed by atoms with van der Waals surface area (Å²) in [6.07, 6.45) is -6.30. The predicted octanol–water partition coefficient (Wildman–Crippen LogP) is 7.69. The van der Waals surface area contributed by atoms with Crippen molar-refractivity contribution in [3.63, 3.8) is 0 Å².